The Labute approximate surface area is 141 Å². The number of rotatable bonds is 5. The van der Waals surface area contributed by atoms with E-state index >= 15 is 0 Å². The Morgan fingerprint density at radius 2 is 2.00 bits per heavy atom. The molecule has 2 aromatic rings. The van der Waals surface area contributed by atoms with Crippen LogP contribution in [0.3, 0.4) is 0 Å². The third-order valence-electron chi connectivity index (χ3n) is 3.54. The number of nitrogens with zero attached hydrogens (tertiary/aromatic N) is 1. The van der Waals surface area contributed by atoms with E-state index in [9.17, 15) is 22.8 Å². The predicted octanol–water partition coefficient (Wildman–Crippen LogP) is 3.07. The highest BCUT2D eigenvalue weighted by molar-refractivity contribution is 6.18. The van der Waals surface area contributed by atoms with Crippen molar-refractivity contribution in [1.29, 1.82) is 0 Å². The first-order chi connectivity index (χ1) is 11.2. The van der Waals surface area contributed by atoms with Gasteiger partial charge in [-0.1, -0.05) is 11.6 Å². The number of alkyl halides is 4. The molecule has 1 N–H and O–H groups in total. The van der Waals surface area contributed by atoms with Crippen LogP contribution >= 0.6 is 11.6 Å². The molecule has 0 unspecified atom stereocenters. The van der Waals surface area contributed by atoms with E-state index < -0.39 is 17.3 Å². The molecule has 130 valence electrons. The lowest BCUT2D eigenvalue weighted by atomic mass is 10.1. The Hall–Kier alpha value is -2.02. The number of halogens is 4. The molecule has 1 aromatic heterocycles. The number of benzene rings is 1. The summed E-state index contributed by atoms with van der Waals surface area (Å²) in [5.74, 6) is -0.195. The molecular weight excluding hydrogens is 345 g/mol. The van der Waals surface area contributed by atoms with Gasteiger partial charge in [0.2, 0.25) is 5.91 Å². The van der Waals surface area contributed by atoms with Crippen molar-refractivity contribution in [2.45, 2.75) is 26.1 Å². The van der Waals surface area contributed by atoms with Gasteiger partial charge >= 0.3 is 6.18 Å². The average molecular weight is 361 g/mol. The number of aromatic nitrogens is 1. The summed E-state index contributed by atoms with van der Waals surface area (Å²) in [5.41, 5.74) is -0.743. The summed E-state index contributed by atoms with van der Waals surface area (Å²) in [4.78, 5) is 23.4. The Morgan fingerprint density at radius 3 is 2.62 bits per heavy atom. The maximum atomic E-state index is 13.3. The number of pyridine rings is 1. The average Bonchev–Trinajstić information content (AvgIpc) is 2.48. The van der Waals surface area contributed by atoms with Gasteiger partial charge in [-0.25, -0.2) is 0 Å². The summed E-state index contributed by atoms with van der Waals surface area (Å²) >= 11 is 5.44. The topological polar surface area (TPSA) is 51.1 Å². The summed E-state index contributed by atoms with van der Waals surface area (Å²) in [7, 11) is 0. The third kappa shape index (κ3) is 4.08. The van der Waals surface area contributed by atoms with Crippen LogP contribution in [0.25, 0.3) is 10.9 Å². The second-order valence-electron chi connectivity index (χ2n) is 5.35. The standard InChI is InChI=1S/C16H16ClF3N2O2/c1-10-2-3-12-11(8-10)13(23)9-14(16(18,19)20)22(12)7-6-21-15(24)4-5-17/h2-3,8-9H,4-7H2,1H3,(H,21,24). The van der Waals surface area contributed by atoms with Crippen molar-refractivity contribution >= 4 is 28.4 Å². The van der Waals surface area contributed by atoms with Crippen molar-refractivity contribution in [3.05, 3.63) is 45.7 Å². The van der Waals surface area contributed by atoms with Crippen LogP contribution in [0.15, 0.2) is 29.1 Å². The Kier molecular flexibility index (Phi) is 5.54. The molecule has 1 amide bonds. The molecule has 24 heavy (non-hydrogen) atoms. The van der Waals surface area contributed by atoms with Crippen molar-refractivity contribution in [3.8, 4) is 0 Å². The quantitative estimate of drug-likeness (QED) is 0.833. The number of carbonyl (C=O) groups is 1. The lowest BCUT2D eigenvalue weighted by molar-refractivity contribution is -0.143. The van der Waals surface area contributed by atoms with Crippen LogP contribution in [0.2, 0.25) is 0 Å². The molecule has 0 saturated heterocycles. The zero-order valence-corrected chi connectivity index (χ0v) is 13.7. The minimum atomic E-state index is -4.67. The summed E-state index contributed by atoms with van der Waals surface area (Å²) < 4.78 is 40.8. The van der Waals surface area contributed by atoms with Crippen LogP contribution < -0.4 is 10.7 Å². The molecule has 0 saturated carbocycles. The van der Waals surface area contributed by atoms with Gasteiger partial charge in [0.1, 0.15) is 5.69 Å². The van der Waals surface area contributed by atoms with Gasteiger partial charge in [0.05, 0.1) is 5.52 Å². The molecule has 0 spiro atoms. The maximum absolute atomic E-state index is 13.3. The molecule has 0 aliphatic carbocycles. The van der Waals surface area contributed by atoms with Gasteiger partial charge in [-0.05, 0) is 19.1 Å². The van der Waals surface area contributed by atoms with Gasteiger partial charge < -0.3 is 9.88 Å². The zero-order chi connectivity index (χ0) is 17.9. The van der Waals surface area contributed by atoms with Crippen molar-refractivity contribution in [2.24, 2.45) is 0 Å². The van der Waals surface area contributed by atoms with E-state index in [1.54, 1.807) is 19.1 Å². The predicted molar refractivity (Wildman–Crippen MR) is 86.3 cm³/mol. The van der Waals surface area contributed by atoms with Crippen LogP contribution in [-0.4, -0.2) is 22.9 Å². The van der Waals surface area contributed by atoms with Gasteiger partial charge in [-0.2, -0.15) is 13.2 Å². The van der Waals surface area contributed by atoms with Crippen LogP contribution in [0.1, 0.15) is 17.7 Å². The highest BCUT2D eigenvalue weighted by Crippen LogP contribution is 2.30. The monoisotopic (exact) mass is 360 g/mol. The molecule has 0 bridgehead atoms. The molecule has 2 rings (SSSR count). The molecule has 1 aromatic carbocycles. The number of hydrogen-bond donors (Lipinski definition) is 1. The second-order valence-corrected chi connectivity index (χ2v) is 5.73. The van der Waals surface area contributed by atoms with Gasteiger partial charge in [0.25, 0.3) is 0 Å². The molecule has 1 heterocycles. The summed E-state index contributed by atoms with van der Waals surface area (Å²) in [6.07, 6.45) is -4.57. The molecule has 0 aliphatic heterocycles. The van der Waals surface area contributed by atoms with Crippen LogP contribution in [0, 0.1) is 6.92 Å². The summed E-state index contributed by atoms with van der Waals surface area (Å²) in [6.45, 7) is 1.65. The SMILES string of the molecule is Cc1ccc2c(c1)c(=O)cc(C(F)(F)F)n2CCNC(=O)CCCl. The van der Waals surface area contributed by atoms with E-state index in [-0.39, 0.29) is 42.2 Å². The van der Waals surface area contributed by atoms with Crippen molar-refractivity contribution in [2.75, 3.05) is 12.4 Å². The second kappa shape index (κ2) is 7.25. The third-order valence-corrected chi connectivity index (χ3v) is 3.73. The number of nitrogens with one attached hydrogen (secondary N) is 1. The molecular formula is C16H16ClF3N2O2. The first-order valence-corrected chi connectivity index (χ1v) is 7.81. The van der Waals surface area contributed by atoms with Crippen molar-refractivity contribution in [1.82, 2.24) is 9.88 Å². The fraction of sp³-hybridized carbons (Fsp3) is 0.375. The van der Waals surface area contributed by atoms with E-state index in [0.717, 1.165) is 10.1 Å². The molecule has 0 aliphatic rings. The Bertz CT molecular complexity index is 815. The van der Waals surface area contributed by atoms with Crippen molar-refractivity contribution in [3.63, 3.8) is 0 Å². The van der Waals surface area contributed by atoms with Gasteiger partial charge in [0.15, 0.2) is 5.43 Å². The first-order valence-electron chi connectivity index (χ1n) is 7.28. The number of hydrogen-bond acceptors (Lipinski definition) is 2. The number of amides is 1. The van der Waals surface area contributed by atoms with Crippen molar-refractivity contribution < 1.29 is 18.0 Å². The fourth-order valence-corrected chi connectivity index (χ4v) is 2.62. The lowest BCUT2D eigenvalue weighted by Gasteiger charge is -2.19. The van der Waals surface area contributed by atoms with E-state index in [0.29, 0.717) is 6.07 Å². The maximum Gasteiger partial charge on any atom is 0.431 e. The smallest absolute Gasteiger partial charge is 0.354 e. The van der Waals surface area contributed by atoms with E-state index in [4.69, 9.17) is 11.6 Å². The first kappa shape index (κ1) is 18.3. The van der Waals surface area contributed by atoms with Gasteiger partial charge in [-0.15, -0.1) is 11.6 Å². The highest BCUT2D eigenvalue weighted by Gasteiger charge is 2.35. The number of carbonyl (C=O) groups excluding carboxylic acids is 1. The van der Waals surface area contributed by atoms with Crippen LogP contribution in [0.5, 0.6) is 0 Å². The Balaban J connectivity index is 2.46. The molecule has 0 atom stereocenters. The van der Waals surface area contributed by atoms with Gasteiger partial charge in [0, 0.05) is 36.8 Å². The number of fused-ring (bicyclic) bond motifs is 1. The highest BCUT2D eigenvalue weighted by atomic mass is 35.5. The minimum absolute atomic E-state index is 0.00461. The molecule has 8 heteroatoms. The normalized spacial score (nSPS) is 11.7. The molecule has 0 fully saturated rings. The fourth-order valence-electron chi connectivity index (χ4n) is 2.45. The molecule has 4 nitrogen and oxygen atoms in total. The zero-order valence-electron chi connectivity index (χ0n) is 12.9. The van der Waals surface area contributed by atoms with E-state index in [1.807, 2.05) is 0 Å². The Morgan fingerprint density at radius 1 is 1.29 bits per heavy atom. The lowest BCUT2D eigenvalue weighted by Crippen LogP contribution is -2.30. The minimum Gasteiger partial charge on any atom is -0.354 e. The van der Waals surface area contributed by atoms with E-state index in [1.165, 1.54) is 6.07 Å². The van der Waals surface area contributed by atoms with Crippen LogP contribution in [-0.2, 0) is 17.5 Å². The largest absolute Gasteiger partial charge is 0.431 e. The van der Waals surface area contributed by atoms with Gasteiger partial charge in [-0.3, -0.25) is 9.59 Å². The molecule has 0 radical (unpaired) electrons. The number of aryl methyl sites for hydroxylation is 1. The van der Waals surface area contributed by atoms with Crippen LogP contribution in [0.4, 0.5) is 13.2 Å². The summed E-state index contributed by atoms with van der Waals surface area (Å²) in [5, 5.41) is 2.73. The van der Waals surface area contributed by atoms with E-state index in [2.05, 4.69) is 5.32 Å². The summed E-state index contributed by atoms with van der Waals surface area (Å²) in [6, 6.07) is 5.29.